The molecule has 0 radical (unpaired) electrons. The number of phenols is 2. The highest BCUT2D eigenvalue weighted by Crippen LogP contribution is 2.49. The topological polar surface area (TPSA) is 160 Å². The molecule has 2 aliphatic heterocycles. The van der Waals surface area contributed by atoms with Gasteiger partial charge in [0.2, 0.25) is 0 Å². The zero-order valence-corrected chi connectivity index (χ0v) is 15.9. The number of fused-ring (bicyclic) bond motifs is 1. The summed E-state index contributed by atoms with van der Waals surface area (Å²) in [5, 5.41) is 71.7. The summed E-state index contributed by atoms with van der Waals surface area (Å²) in [6, 6.07) is 10.3. The highest BCUT2D eigenvalue weighted by molar-refractivity contribution is 5.58. The Morgan fingerprint density at radius 2 is 1.60 bits per heavy atom. The van der Waals surface area contributed by atoms with Crippen LogP contribution < -0.4 is 4.74 Å². The lowest BCUT2D eigenvalue weighted by molar-refractivity contribution is -0.232. The van der Waals surface area contributed by atoms with Crippen molar-refractivity contribution in [1.29, 1.82) is 0 Å². The van der Waals surface area contributed by atoms with Gasteiger partial charge in [0.15, 0.2) is 0 Å². The largest absolute Gasteiger partial charge is 0.507 e. The molecular weight excluding hydrogens is 396 g/mol. The number of rotatable bonds is 3. The Hall–Kier alpha value is -2.40. The zero-order valence-electron chi connectivity index (χ0n) is 15.9. The molecule has 2 heterocycles. The maximum absolute atomic E-state index is 10.8. The molecular formula is C21H24O9. The summed E-state index contributed by atoms with van der Waals surface area (Å²) in [6.07, 6.45) is -9.22. The van der Waals surface area contributed by atoms with Gasteiger partial charge in [-0.25, -0.2) is 0 Å². The first-order chi connectivity index (χ1) is 14.3. The first-order valence-electron chi connectivity index (χ1n) is 9.61. The predicted molar refractivity (Wildman–Crippen MR) is 102 cm³/mol. The summed E-state index contributed by atoms with van der Waals surface area (Å²) in [5.74, 6) is -0.754. The molecule has 4 rings (SSSR count). The van der Waals surface area contributed by atoms with Crippen LogP contribution in [0, 0.1) is 0 Å². The van der Waals surface area contributed by atoms with Gasteiger partial charge in [0.1, 0.15) is 53.9 Å². The number of hydrogen-bond donors (Lipinski definition) is 7. The van der Waals surface area contributed by atoms with Crippen LogP contribution in [0.2, 0.25) is 0 Å². The van der Waals surface area contributed by atoms with Gasteiger partial charge >= 0.3 is 0 Å². The van der Waals surface area contributed by atoms with Crippen molar-refractivity contribution in [3.63, 3.8) is 0 Å². The second kappa shape index (κ2) is 8.03. The lowest BCUT2D eigenvalue weighted by atomic mass is 9.87. The van der Waals surface area contributed by atoms with Crippen molar-refractivity contribution in [2.75, 3.05) is 6.61 Å². The fourth-order valence-electron chi connectivity index (χ4n) is 4.08. The van der Waals surface area contributed by atoms with Crippen molar-refractivity contribution in [3.8, 4) is 17.2 Å². The maximum atomic E-state index is 10.8. The Balaban J connectivity index is 1.71. The van der Waals surface area contributed by atoms with Crippen LogP contribution in [-0.4, -0.2) is 72.9 Å². The van der Waals surface area contributed by atoms with E-state index in [2.05, 4.69) is 0 Å². The predicted octanol–water partition coefficient (Wildman–Crippen LogP) is -0.350. The van der Waals surface area contributed by atoms with E-state index in [1.807, 2.05) is 6.07 Å². The third-order valence-corrected chi connectivity index (χ3v) is 5.70. The average Bonchev–Trinajstić information content (AvgIpc) is 2.74. The molecule has 0 aliphatic carbocycles. The first-order valence-corrected chi connectivity index (χ1v) is 9.61. The van der Waals surface area contributed by atoms with E-state index in [1.54, 1.807) is 24.3 Å². The Morgan fingerprint density at radius 3 is 2.27 bits per heavy atom. The molecule has 7 atom stereocenters. The van der Waals surface area contributed by atoms with Crippen LogP contribution >= 0.6 is 0 Å². The standard InChI is InChI=1S/C21H24O9/c22-8-14-17(26)18(27)19(28)21(30-14)15-11(23)7-13-10(16(15)25)6-12(24)20(29-13)9-4-2-1-3-5-9/h1-5,7,12,14,17-28H,6,8H2/t12-,14+,17+,18-,19+,20+,21-/m0/s1. The number of benzene rings is 2. The molecule has 2 aliphatic rings. The fourth-order valence-corrected chi connectivity index (χ4v) is 4.08. The van der Waals surface area contributed by atoms with Crippen molar-refractivity contribution in [2.45, 2.75) is 49.1 Å². The lowest BCUT2D eigenvalue weighted by Crippen LogP contribution is -2.55. The number of aromatic hydroxyl groups is 2. The highest BCUT2D eigenvalue weighted by Gasteiger charge is 2.46. The molecule has 30 heavy (non-hydrogen) atoms. The third-order valence-electron chi connectivity index (χ3n) is 5.70. The first kappa shape index (κ1) is 20.9. The van der Waals surface area contributed by atoms with Crippen LogP contribution in [0.4, 0.5) is 0 Å². The molecule has 2 aromatic rings. The molecule has 7 N–H and O–H groups in total. The van der Waals surface area contributed by atoms with Crippen molar-refractivity contribution >= 4 is 0 Å². The van der Waals surface area contributed by atoms with Crippen LogP contribution in [-0.2, 0) is 11.2 Å². The van der Waals surface area contributed by atoms with Gasteiger partial charge in [-0.3, -0.25) is 0 Å². The van der Waals surface area contributed by atoms with Crippen LogP contribution in [0.25, 0.3) is 0 Å². The molecule has 0 saturated carbocycles. The molecule has 1 saturated heterocycles. The minimum atomic E-state index is -1.68. The van der Waals surface area contributed by atoms with Crippen molar-refractivity contribution in [1.82, 2.24) is 0 Å². The number of aliphatic hydroxyl groups excluding tert-OH is 5. The van der Waals surface area contributed by atoms with Crippen LogP contribution in [0.15, 0.2) is 36.4 Å². The Labute approximate surface area is 172 Å². The Bertz CT molecular complexity index is 901. The third kappa shape index (κ3) is 3.39. The van der Waals surface area contributed by atoms with Gasteiger partial charge in [-0.15, -0.1) is 0 Å². The van der Waals surface area contributed by atoms with Crippen molar-refractivity contribution in [3.05, 3.63) is 53.1 Å². The smallest absolute Gasteiger partial charge is 0.150 e. The number of hydrogen-bond acceptors (Lipinski definition) is 9. The normalized spacial score (nSPS) is 33.6. The average molecular weight is 420 g/mol. The quantitative estimate of drug-likeness (QED) is 0.352. The number of phenolic OH excluding ortho intramolecular Hbond substituents is 2. The minimum Gasteiger partial charge on any atom is -0.507 e. The highest BCUT2D eigenvalue weighted by atomic mass is 16.5. The van der Waals surface area contributed by atoms with Crippen LogP contribution in [0.5, 0.6) is 17.2 Å². The maximum Gasteiger partial charge on any atom is 0.150 e. The SMILES string of the molecule is OC[C@H]1O[C@@H](c2c(O)cc3c(c2O)C[C@H](O)[C@@H](c2ccccc2)O3)[C@H](O)[C@@H](O)[C@@H]1O. The Morgan fingerprint density at radius 1 is 0.900 bits per heavy atom. The summed E-state index contributed by atoms with van der Waals surface area (Å²) < 4.78 is 11.3. The summed E-state index contributed by atoms with van der Waals surface area (Å²) in [5.41, 5.74) is 0.715. The zero-order chi connectivity index (χ0) is 21.6. The molecule has 0 spiro atoms. The fraction of sp³-hybridized carbons (Fsp3) is 0.429. The van der Waals surface area contributed by atoms with E-state index in [0.29, 0.717) is 0 Å². The summed E-state index contributed by atoms with van der Waals surface area (Å²) in [4.78, 5) is 0. The number of aliphatic hydroxyl groups is 5. The van der Waals surface area contributed by atoms with Gasteiger partial charge in [0.25, 0.3) is 0 Å². The Kier molecular flexibility index (Phi) is 5.58. The number of ether oxygens (including phenoxy) is 2. The summed E-state index contributed by atoms with van der Waals surface area (Å²) in [6.45, 7) is -0.644. The van der Waals surface area contributed by atoms with Gasteiger partial charge < -0.3 is 45.2 Å². The van der Waals surface area contributed by atoms with E-state index >= 15 is 0 Å². The van der Waals surface area contributed by atoms with Crippen molar-refractivity contribution in [2.24, 2.45) is 0 Å². The van der Waals surface area contributed by atoms with Gasteiger partial charge in [0.05, 0.1) is 18.3 Å². The molecule has 1 fully saturated rings. The van der Waals surface area contributed by atoms with E-state index in [1.165, 1.54) is 6.07 Å². The second-order valence-electron chi connectivity index (χ2n) is 7.60. The van der Waals surface area contributed by atoms with E-state index in [9.17, 15) is 35.7 Å². The molecule has 9 nitrogen and oxygen atoms in total. The molecule has 0 bridgehead atoms. The monoisotopic (exact) mass is 420 g/mol. The van der Waals surface area contributed by atoms with Crippen molar-refractivity contribution < 1.29 is 45.2 Å². The lowest BCUT2D eigenvalue weighted by Gasteiger charge is -2.41. The van der Waals surface area contributed by atoms with Gasteiger partial charge in [-0.1, -0.05) is 30.3 Å². The minimum absolute atomic E-state index is 0.00539. The molecule has 2 aromatic carbocycles. The summed E-state index contributed by atoms with van der Waals surface area (Å²) in [7, 11) is 0. The van der Waals surface area contributed by atoms with E-state index in [4.69, 9.17) is 9.47 Å². The van der Waals surface area contributed by atoms with E-state index in [-0.39, 0.29) is 23.3 Å². The molecule has 0 aromatic heterocycles. The molecule has 162 valence electrons. The van der Waals surface area contributed by atoms with Crippen LogP contribution in [0.1, 0.15) is 28.9 Å². The van der Waals surface area contributed by atoms with Gasteiger partial charge in [0, 0.05) is 18.1 Å². The molecule has 9 heteroatoms. The second-order valence-corrected chi connectivity index (χ2v) is 7.60. The van der Waals surface area contributed by atoms with E-state index in [0.717, 1.165) is 5.56 Å². The van der Waals surface area contributed by atoms with Crippen LogP contribution in [0.3, 0.4) is 0 Å². The van der Waals surface area contributed by atoms with Gasteiger partial charge in [-0.2, -0.15) is 0 Å². The van der Waals surface area contributed by atoms with Gasteiger partial charge in [-0.05, 0) is 5.56 Å². The summed E-state index contributed by atoms with van der Waals surface area (Å²) >= 11 is 0. The van der Waals surface area contributed by atoms with E-state index < -0.39 is 60.8 Å². The molecule has 0 unspecified atom stereocenters. The molecule has 0 amide bonds.